The Hall–Kier alpha value is -1.19. The van der Waals surface area contributed by atoms with Crippen molar-refractivity contribution in [1.29, 1.82) is 0 Å². The summed E-state index contributed by atoms with van der Waals surface area (Å²) in [5.74, 6) is 0. The van der Waals surface area contributed by atoms with Crippen LogP contribution in [-0.4, -0.2) is 16.7 Å². The summed E-state index contributed by atoms with van der Waals surface area (Å²) in [6.07, 6.45) is 1.74. The van der Waals surface area contributed by atoms with E-state index in [1.165, 1.54) is 16.0 Å². The van der Waals surface area contributed by atoms with Crippen molar-refractivity contribution in [1.82, 2.24) is 4.98 Å². The molecule has 0 fully saturated rings. The number of rotatable bonds is 4. The minimum Gasteiger partial charge on any atom is -0.396 e. The topological polar surface area (TPSA) is 33.1 Å². The zero-order valence-electron chi connectivity index (χ0n) is 10.2. The van der Waals surface area contributed by atoms with Crippen LogP contribution in [0.3, 0.4) is 0 Å². The van der Waals surface area contributed by atoms with Gasteiger partial charge >= 0.3 is 0 Å². The van der Waals surface area contributed by atoms with Gasteiger partial charge in [0.05, 0.1) is 5.69 Å². The number of aliphatic hydroxyl groups excluding tert-OH is 1. The number of benzene rings is 1. The summed E-state index contributed by atoms with van der Waals surface area (Å²) >= 11 is 1.74. The van der Waals surface area contributed by atoms with Crippen molar-refractivity contribution in [3.8, 4) is 10.6 Å². The number of thiazole rings is 1. The number of aliphatic hydroxyl groups is 1. The third kappa shape index (κ3) is 2.93. The largest absolute Gasteiger partial charge is 0.396 e. The van der Waals surface area contributed by atoms with E-state index in [0.29, 0.717) is 0 Å². The molecule has 1 aromatic carbocycles. The first kappa shape index (κ1) is 12.3. The third-order valence-electron chi connectivity index (χ3n) is 2.75. The van der Waals surface area contributed by atoms with Gasteiger partial charge in [0.2, 0.25) is 0 Å². The van der Waals surface area contributed by atoms with Gasteiger partial charge in [0.1, 0.15) is 5.01 Å². The smallest absolute Gasteiger partial charge is 0.123 e. The molecule has 2 nitrogen and oxygen atoms in total. The summed E-state index contributed by atoms with van der Waals surface area (Å²) < 4.78 is 0. The molecule has 17 heavy (non-hydrogen) atoms. The molecule has 0 amide bonds. The van der Waals surface area contributed by atoms with Gasteiger partial charge in [-0.3, -0.25) is 0 Å². The van der Waals surface area contributed by atoms with Gasteiger partial charge < -0.3 is 5.11 Å². The van der Waals surface area contributed by atoms with Crippen molar-refractivity contribution < 1.29 is 5.11 Å². The maximum Gasteiger partial charge on any atom is 0.123 e. The number of hydrogen-bond donors (Lipinski definition) is 1. The Morgan fingerprint density at radius 2 is 1.88 bits per heavy atom. The lowest BCUT2D eigenvalue weighted by Gasteiger charge is -1.96. The van der Waals surface area contributed by atoms with E-state index in [0.717, 1.165) is 23.5 Å². The van der Waals surface area contributed by atoms with Gasteiger partial charge in [0, 0.05) is 17.0 Å². The van der Waals surface area contributed by atoms with Crippen LogP contribution in [0.1, 0.15) is 22.6 Å². The summed E-state index contributed by atoms with van der Waals surface area (Å²) in [5, 5.41) is 9.94. The monoisotopic (exact) mass is 247 g/mol. The Kier molecular flexibility index (Phi) is 3.92. The lowest BCUT2D eigenvalue weighted by atomic mass is 10.2. The van der Waals surface area contributed by atoms with E-state index in [4.69, 9.17) is 5.11 Å². The van der Waals surface area contributed by atoms with Crippen molar-refractivity contribution >= 4 is 11.3 Å². The molecule has 1 N–H and O–H groups in total. The number of aromatic nitrogens is 1. The number of nitrogens with zero attached hydrogens (tertiary/aromatic N) is 1. The van der Waals surface area contributed by atoms with E-state index in [-0.39, 0.29) is 6.61 Å². The maximum absolute atomic E-state index is 8.86. The fourth-order valence-electron chi connectivity index (χ4n) is 1.72. The Bertz CT molecular complexity index is 487. The van der Waals surface area contributed by atoms with Crippen LogP contribution in [0.2, 0.25) is 0 Å². The van der Waals surface area contributed by atoms with E-state index >= 15 is 0 Å². The van der Waals surface area contributed by atoms with Gasteiger partial charge in [-0.05, 0) is 26.7 Å². The first-order valence-electron chi connectivity index (χ1n) is 5.85. The third-order valence-corrected chi connectivity index (χ3v) is 4.02. The minimum absolute atomic E-state index is 0.247. The fraction of sp³-hybridized carbons (Fsp3) is 0.357. The highest BCUT2D eigenvalue weighted by Gasteiger charge is 2.08. The van der Waals surface area contributed by atoms with E-state index in [9.17, 15) is 0 Å². The summed E-state index contributed by atoms with van der Waals surface area (Å²) in [6.45, 7) is 4.38. The van der Waals surface area contributed by atoms with Crippen molar-refractivity contribution in [3.63, 3.8) is 0 Å². The predicted octanol–water partition coefficient (Wildman–Crippen LogP) is 3.35. The van der Waals surface area contributed by atoms with Gasteiger partial charge in [-0.15, -0.1) is 11.3 Å². The zero-order valence-corrected chi connectivity index (χ0v) is 11.0. The predicted molar refractivity (Wildman–Crippen MR) is 72.4 cm³/mol. The molecular weight excluding hydrogens is 230 g/mol. The van der Waals surface area contributed by atoms with Crippen LogP contribution in [-0.2, 0) is 6.42 Å². The molecule has 0 aliphatic rings. The molecule has 1 heterocycles. The molecule has 1 aromatic heterocycles. The van der Waals surface area contributed by atoms with E-state index in [2.05, 4.69) is 36.2 Å². The molecule has 90 valence electrons. The normalized spacial score (nSPS) is 10.8. The first-order chi connectivity index (χ1) is 8.20. The van der Waals surface area contributed by atoms with Gasteiger partial charge in [0.25, 0.3) is 0 Å². The van der Waals surface area contributed by atoms with Crippen LogP contribution in [0.25, 0.3) is 10.6 Å². The molecule has 0 atom stereocenters. The molecule has 2 aromatic rings. The molecular formula is C14H17NOS. The zero-order chi connectivity index (χ0) is 12.3. The van der Waals surface area contributed by atoms with E-state index in [1.807, 2.05) is 6.92 Å². The van der Waals surface area contributed by atoms with Crippen LogP contribution < -0.4 is 0 Å². The molecule has 2 rings (SSSR count). The van der Waals surface area contributed by atoms with Crippen molar-refractivity contribution in [2.75, 3.05) is 6.61 Å². The lowest BCUT2D eigenvalue weighted by molar-refractivity contribution is 0.289. The highest BCUT2D eigenvalue weighted by molar-refractivity contribution is 7.15. The standard InChI is InChI=1S/C14H17NOS/c1-10-5-7-12(8-6-10)14-15-11(2)13(17-14)4-3-9-16/h5-8,16H,3-4,9H2,1-2H3. The van der Waals surface area contributed by atoms with Gasteiger partial charge in [-0.25, -0.2) is 4.98 Å². The number of aryl methyl sites for hydroxylation is 3. The molecule has 0 aliphatic carbocycles. The molecule has 0 bridgehead atoms. The van der Waals surface area contributed by atoms with E-state index < -0.39 is 0 Å². The summed E-state index contributed by atoms with van der Waals surface area (Å²) in [5.41, 5.74) is 3.54. The Balaban J connectivity index is 2.24. The van der Waals surface area contributed by atoms with Crippen LogP contribution >= 0.6 is 11.3 Å². The number of hydrogen-bond acceptors (Lipinski definition) is 3. The molecule has 3 heteroatoms. The SMILES string of the molecule is Cc1ccc(-c2nc(C)c(CCCO)s2)cc1. The fourth-order valence-corrected chi connectivity index (χ4v) is 2.83. The molecule has 0 saturated carbocycles. The van der Waals surface area contributed by atoms with Crippen molar-refractivity contribution in [2.45, 2.75) is 26.7 Å². The Morgan fingerprint density at radius 1 is 1.18 bits per heavy atom. The summed E-state index contributed by atoms with van der Waals surface area (Å²) in [6, 6.07) is 8.45. The molecule has 0 spiro atoms. The Morgan fingerprint density at radius 3 is 2.53 bits per heavy atom. The van der Waals surface area contributed by atoms with Crippen LogP contribution in [0.5, 0.6) is 0 Å². The van der Waals surface area contributed by atoms with Crippen LogP contribution in [0, 0.1) is 13.8 Å². The van der Waals surface area contributed by atoms with Crippen LogP contribution in [0.4, 0.5) is 0 Å². The quantitative estimate of drug-likeness (QED) is 0.898. The van der Waals surface area contributed by atoms with Gasteiger partial charge in [-0.1, -0.05) is 29.8 Å². The van der Waals surface area contributed by atoms with Crippen molar-refractivity contribution in [2.24, 2.45) is 0 Å². The second kappa shape index (κ2) is 5.43. The second-order valence-corrected chi connectivity index (χ2v) is 5.30. The minimum atomic E-state index is 0.247. The molecule has 0 saturated heterocycles. The van der Waals surface area contributed by atoms with Gasteiger partial charge in [-0.2, -0.15) is 0 Å². The average molecular weight is 247 g/mol. The molecule has 0 radical (unpaired) electrons. The maximum atomic E-state index is 8.86. The van der Waals surface area contributed by atoms with Gasteiger partial charge in [0.15, 0.2) is 0 Å². The molecule has 0 aliphatic heterocycles. The first-order valence-corrected chi connectivity index (χ1v) is 6.66. The molecule has 0 unspecified atom stereocenters. The summed E-state index contributed by atoms with van der Waals surface area (Å²) in [4.78, 5) is 5.89. The average Bonchev–Trinajstić information content (AvgIpc) is 2.69. The van der Waals surface area contributed by atoms with Crippen molar-refractivity contribution in [3.05, 3.63) is 40.4 Å². The highest BCUT2D eigenvalue weighted by atomic mass is 32.1. The second-order valence-electron chi connectivity index (χ2n) is 4.22. The van der Waals surface area contributed by atoms with E-state index in [1.54, 1.807) is 11.3 Å². The van der Waals surface area contributed by atoms with Crippen LogP contribution in [0.15, 0.2) is 24.3 Å². The highest BCUT2D eigenvalue weighted by Crippen LogP contribution is 2.28. The Labute approximate surface area is 106 Å². The summed E-state index contributed by atoms with van der Waals surface area (Å²) in [7, 11) is 0. The lowest BCUT2D eigenvalue weighted by Crippen LogP contribution is -1.88.